The first-order valence-electron chi connectivity index (χ1n) is 18.8. The zero-order chi connectivity index (χ0) is 36.6. The average molecular weight is 694 g/mol. The van der Waals surface area contributed by atoms with Crippen LogP contribution in [0.1, 0.15) is 49.9 Å². The predicted octanol–water partition coefficient (Wildman–Crippen LogP) is 12.8. The zero-order valence-corrected chi connectivity index (χ0v) is 30.9. The molecular weight excluding hydrogens is 655 g/mol. The highest BCUT2D eigenvalue weighted by molar-refractivity contribution is 5.90. The van der Waals surface area contributed by atoms with Gasteiger partial charge >= 0.3 is 0 Å². The Morgan fingerprint density at radius 3 is 1.15 bits per heavy atom. The van der Waals surface area contributed by atoms with Crippen molar-refractivity contribution in [3.8, 4) is 78.7 Å². The quantitative estimate of drug-likeness (QED) is 0.180. The monoisotopic (exact) mass is 693 g/mol. The van der Waals surface area contributed by atoms with Crippen molar-refractivity contribution in [3.63, 3.8) is 0 Å². The lowest BCUT2D eigenvalue weighted by Crippen LogP contribution is -2.17. The molecule has 54 heavy (non-hydrogen) atoms. The van der Waals surface area contributed by atoms with Crippen molar-refractivity contribution in [3.05, 3.63) is 186 Å². The van der Waals surface area contributed by atoms with Gasteiger partial charge in [-0.05, 0) is 85.0 Å². The van der Waals surface area contributed by atoms with Crippen LogP contribution >= 0.6 is 0 Å². The number of hydrogen-bond donors (Lipinski definition) is 0. The molecule has 0 unspecified atom stereocenters. The van der Waals surface area contributed by atoms with Crippen molar-refractivity contribution in [1.29, 1.82) is 0 Å². The molecule has 0 saturated heterocycles. The smallest absolute Gasteiger partial charge is 0.164 e. The van der Waals surface area contributed by atoms with Crippen molar-refractivity contribution >= 4 is 0 Å². The topological polar surface area (TPSA) is 38.7 Å². The Bertz CT molecular complexity index is 2670. The highest BCUT2D eigenvalue weighted by atomic mass is 15.0. The van der Waals surface area contributed by atoms with Gasteiger partial charge in [-0.15, -0.1) is 0 Å². The summed E-state index contributed by atoms with van der Waals surface area (Å²) in [7, 11) is 0. The third kappa shape index (κ3) is 5.07. The standard InChI is InChI=1S/C51H39N3/c1-50(2)43-18-12-11-17-39(43)41-30-46-42(31-45(41)50)40-28-27-38(29-44(40)51(46,3)4)34-21-19-32(20-22-34)33-23-25-37(26-24-33)49-53-47(35-13-7-5-8-14-35)52-48(54-49)36-15-9-6-10-16-36/h5-31H,1-4H3. The van der Waals surface area contributed by atoms with Gasteiger partial charge in [-0.1, -0.05) is 173 Å². The van der Waals surface area contributed by atoms with E-state index in [4.69, 9.17) is 15.0 Å². The van der Waals surface area contributed by atoms with E-state index in [2.05, 4.69) is 131 Å². The molecule has 8 aromatic rings. The molecular formula is C51H39N3. The molecule has 0 amide bonds. The predicted molar refractivity (Wildman–Crippen MR) is 222 cm³/mol. The lowest BCUT2D eigenvalue weighted by atomic mass is 9.79. The highest BCUT2D eigenvalue weighted by Crippen LogP contribution is 2.56. The summed E-state index contributed by atoms with van der Waals surface area (Å²) < 4.78 is 0. The van der Waals surface area contributed by atoms with Gasteiger partial charge in [0.05, 0.1) is 0 Å². The summed E-state index contributed by atoms with van der Waals surface area (Å²) in [6, 6.07) is 58.7. The van der Waals surface area contributed by atoms with Gasteiger partial charge in [0.15, 0.2) is 17.5 Å². The average Bonchev–Trinajstić information content (AvgIpc) is 3.59. The second-order valence-electron chi connectivity index (χ2n) is 15.7. The normalized spacial score (nSPS) is 14.2. The maximum atomic E-state index is 4.90. The molecule has 0 bridgehead atoms. The van der Waals surface area contributed by atoms with Crippen LogP contribution in [0.4, 0.5) is 0 Å². The molecule has 0 fully saturated rings. The van der Waals surface area contributed by atoms with Crippen LogP contribution in [0.5, 0.6) is 0 Å². The van der Waals surface area contributed by atoms with Crippen LogP contribution in [0.15, 0.2) is 164 Å². The number of fused-ring (bicyclic) bond motifs is 6. The van der Waals surface area contributed by atoms with E-state index in [1.807, 2.05) is 60.7 Å². The fourth-order valence-corrected chi connectivity index (χ4v) is 8.71. The van der Waals surface area contributed by atoms with Gasteiger partial charge in [0.25, 0.3) is 0 Å². The van der Waals surface area contributed by atoms with Crippen LogP contribution in [0.3, 0.4) is 0 Å². The third-order valence-corrected chi connectivity index (χ3v) is 11.8. The van der Waals surface area contributed by atoms with Gasteiger partial charge < -0.3 is 0 Å². The summed E-state index contributed by atoms with van der Waals surface area (Å²) in [5.74, 6) is 1.98. The summed E-state index contributed by atoms with van der Waals surface area (Å²) in [5, 5.41) is 0. The van der Waals surface area contributed by atoms with Gasteiger partial charge in [0.1, 0.15) is 0 Å². The first-order valence-corrected chi connectivity index (χ1v) is 18.8. The molecule has 0 radical (unpaired) electrons. The van der Waals surface area contributed by atoms with Crippen molar-refractivity contribution in [2.75, 3.05) is 0 Å². The summed E-state index contributed by atoms with van der Waals surface area (Å²) in [5.41, 5.74) is 18.7. The minimum atomic E-state index is -0.0959. The first-order chi connectivity index (χ1) is 26.3. The second kappa shape index (κ2) is 12.0. The molecule has 0 saturated carbocycles. The number of aromatic nitrogens is 3. The molecule has 10 rings (SSSR count). The lowest BCUT2D eigenvalue weighted by Gasteiger charge is -2.24. The largest absolute Gasteiger partial charge is 0.208 e. The van der Waals surface area contributed by atoms with E-state index >= 15 is 0 Å². The van der Waals surface area contributed by atoms with E-state index in [1.165, 1.54) is 61.2 Å². The molecule has 1 aromatic heterocycles. The van der Waals surface area contributed by atoms with Crippen LogP contribution in [-0.4, -0.2) is 15.0 Å². The Morgan fingerprint density at radius 2 is 0.630 bits per heavy atom. The number of hydrogen-bond acceptors (Lipinski definition) is 3. The van der Waals surface area contributed by atoms with Crippen molar-refractivity contribution < 1.29 is 0 Å². The van der Waals surface area contributed by atoms with Crippen LogP contribution < -0.4 is 0 Å². The molecule has 0 atom stereocenters. The van der Waals surface area contributed by atoms with Crippen LogP contribution in [0.25, 0.3) is 78.7 Å². The maximum absolute atomic E-state index is 4.90. The molecule has 7 aromatic carbocycles. The molecule has 1 heterocycles. The minimum absolute atomic E-state index is 0.0134. The Morgan fingerprint density at radius 1 is 0.278 bits per heavy atom. The summed E-state index contributed by atoms with van der Waals surface area (Å²) >= 11 is 0. The summed E-state index contributed by atoms with van der Waals surface area (Å²) in [6.45, 7) is 9.50. The lowest BCUT2D eigenvalue weighted by molar-refractivity contribution is 0.652. The van der Waals surface area contributed by atoms with Gasteiger partial charge in [0, 0.05) is 27.5 Å². The third-order valence-electron chi connectivity index (χ3n) is 11.8. The Hall–Kier alpha value is -6.45. The number of nitrogens with zero attached hydrogens (tertiary/aromatic N) is 3. The molecule has 2 aliphatic rings. The van der Waals surface area contributed by atoms with Gasteiger partial charge in [-0.25, -0.2) is 15.0 Å². The van der Waals surface area contributed by atoms with E-state index in [0.29, 0.717) is 17.5 Å². The summed E-state index contributed by atoms with van der Waals surface area (Å²) in [4.78, 5) is 14.6. The van der Waals surface area contributed by atoms with E-state index in [1.54, 1.807) is 0 Å². The maximum Gasteiger partial charge on any atom is 0.164 e. The van der Waals surface area contributed by atoms with Crippen molar-refractivity contribution in [2.24, 2.45) is 0 Å². The van der Waals surface area contributed by atoms with Crippen molar-refractivity contribution in [2.45, 2.75) is 38.5 Å². The van der Waals surface area contributed by atoms with Crippen LogP contribution in [0, 0.1) is 0 Å². The molecule has 0 aliphatic heterocycles. The van der Waals surface area contributed by atoms with E-state index in [9.17, 15) is 0 Å². The minimum Gasteiger partial charge on any atom is -0.208 e. The Labute approximate surface area is 317 Å². The number of benzene rings is 7. The molecule has 3 heteroatoms. The Balaban J connectivity index is 0.943. The molecule has 0 spiro atoms. The second-order valence-corrected chi connectivity index (χ2v) is 15.7. The Kier molecular flexibility index (Phi) is 7.19. The van der Waals surface area contributed by atoms with E-state index in [-0.39, 0.29) is 10.8 Å². The molecule has 3 nitrogen and oxygen atoms in total. The molecule has 2 aliphatic carbocycles. The fraction of sp³-hybridized carbons (Fsp3) is 0.118. The molecule has 0 N–H and O–H groups in total. The van der Waals surface area contributed by atoms with Crippen molar-refractivity contribution in [1.82, 2.24) is 15.0 Å². The van der Waals surface area contributed by atoms with Gasteiger partial charge in [-0.2, -0.15) is 0 Å². The van der Waals surface area contributed by atoms with E-state index in [0.717, 1.165) is 22.3 Å². The van der Waals surface area contributed by atoms with E-state index < -0.39 is 0 Å². The summed E-state index contributed by atoms with van der Waals surface area (Å²) in [6.07, 6.45) is 0. The van der Waals surface area contributed by atoms with Crippen LogP contribution in [-0.2, 0) is 10.8 Å². The van der Waals surface area contributed by atoms with Gasteiger partial charge in [-0.3, -0.25) is 0 Å². The molecule has 258 valence electrons. The fourth-order valence-electron chi connectivity index (χ4n) is 8.71. The van der Waals surface area contributed by atoms with Gasteiger partial charge in [0.2, 0.25) is 0 Å². The first kappa shape index (κ1) is 32.2. The number of rotatable bonds is 5. The SMILES string of the molecule is CC1(C)c2ccccc2-c2cc3c(cc21)-c1ccc(-c2ccc(-c4ccc(-c5nc(-c6ccccc6)nc(-c6ccccc6)n5)cc4)cc2)cc1C3(C)C. The van der Waals surface area contributed by atoms with Crippen LogP contribution in [0.2, 0.25) is 0 Å². The highest BCUT2D eigenvalue weighted by Gasteiger charge is 2.41. The zero-order valence-electron chi connectivity index (χ0n) is 30.9.